The molecule has 1 saturated heterocycles. The number of rotatable bonds is 12. The molecule has 2 aromatic carbocycles. The minimum absolute atomic E-state index is 0.0589. The predicted molar refractivity (Wildman–Crippen MR) is 178 cm³/mol. The molecule has 1 aromatic heterocycles. The highest BCUT2D eigenvalue weighted by Gasteiger charge is 2.23. The number of anilines is 2. The molecule has 0 aliphatic carbocycles. The van der Waals surface area contributed by atoms with E-state index in [4.69, 9.17) is 9.47 Å². The molecule has 242 valence electrons. The number of benzene rings is 2. The van der Waals surface area contributed by atoms with Gasteiger partial charge in [-0.2, -0.15) is 0 Å². The second-order valence-corrected chi connectivity index (χ2v) is 12.3. The van der Waals surface area contributed by atoms with Crippen LogP contribution in [0.4, 0.5) is 15.6 Å². The maximum Gasteiger partial charge on any atom is 0.319 e. The van der Waals surface area contributed by atoms with Gasteiger partial charge in [0.25, 0.3) is 11.8 Å². The Morgan fingerprint density at radius 2 is 1.69 bits per heavy atom. The molecule has 3 aromatic rings. The molecule has 0 saturated carbocycles. The van der Waals surface area contributed by atoms with Crippen LogP contribution >= 0.6 is 11.3 Å². The molecule has 0 spiro atoms. The van der Waals surface area contributed by atoms with Gasteiger partial charge in [-0.1, -0.05) is 25.2 Å². The van der Waals surface area contributed by atoms with Crippen molar-refractivity contribution in [3.05, 3.63) is 59.3 Å². The van der Waals surface area contributed by atoms with Crippen molar-refractivity contribution in [3.8, 4) is 16.6 Å². The van der Waals surface area contributed by atoms with Crippen LogP contribution in [-0.2, 0) is 0 Å². The SMILES string of the molecule is CCC(CC)NC(=O)Nc1ccc(Oc2cnc(NC(=O)c3ccc(OC4CCN(C(C)C)CC4)cc3)s2)c(C(=O)NC)c1C. The molecule has 2 heterocycles. The first-order valence-electron chi connectivity index (χ1n) is 15.5. The highest BCUT2D eigenvalue weighted by molar-refractivity contribution is 7.17. The molecule has 4 amide bonds. The molecule has 0 bridgehead atoms. The predicted octanol–water partition coefficient (Wildman–Crippen LogP) is 6.42. The van der Waals surface area contributed by atoms with Crippen molar-refractivity contribution in [3.63, 3.8) is 0 Å². The lowest BCUT2D eigenvalue weighted by Crippen LogP contribution is -2.41. The van der Waals surface area contributed by atoms with Crippen LogP contribution < -0.4 is 30.7 Å². The first-order valence-corrected chi connectivity index (χ1v) is 16.3. The summed E-state index contributed by atoms with van der Waals surface area (Å²) in [5.41, 5.74) is 1.81. The first kappa shape index (κ1) is 33.7. The number of hydrogen-bond donors (Lipinski definition) is 4. The van der Waals surface area contributed by atoms with Crippen molar-refractivity contribution >= 4 is 40.0 Å². The topological polar surface area (TPSA) is 134 Å². The number of nitrogens with zero attached hydrogens (tertiary/aromatic N) is 2. The Labute approximate surface area is 269 Å². The number of piperidine rings is 1. The average molecular weight is 637 g/mol. The van der Waals surface area contributed by atoms with E-state index in [2.05, 4.69) is 45.0 Å². The van der Waals surface area contributed by atoms with Gasteiger partial charge in [0.1, 0.15) is 17.6 Å². The van der Waals surface area contributed by atoms with Crippen molar-refractivity contribution in [1.29, 1.82) is 0 Å². The summed E-state index contributed by atoms with van der Waals surface area (Å²) in [5, 5.41) is 11.9. The van der Waals surface area contributed by atoms with Crippen LogP contribution in [0.3, 0.4) is 0 Å². The molecule has 1 fully saturated rings. The van der Waals surface area contributed by atoms with Crippen molar-refractivity contribution in [1.82, 2.24) is 20.5 Å². The molecule has 0 atom stereocenters. The molecule has 0 unspecified atom stereocenters. The second kappa shape index (κ2) is 15.7. The summed E-state index contributed by atoms with van der Waals surface area (Å²) in [7, 11) is 1.53. The van der Waals surface area contributed by atoms with Gasteiger partial charge in [0.15, 0.2) is 5.13 Å². The second-order valence-electron chi connectivity index (χ2n) is 11.3. The van der Waals surface area contributed by atoms with E-state index >= 15 is 0 Å². The van der Waals surface area contributed by atoms with E-state index in [-0.39, 0.29) is 35.6 Å². The number of likely N-dealkylation sites (tertiary alicyclic amines) is 1. The maximum atomic E-state index is 12.9. The van der Waals surface area contributed by atoms with Crippen LogP contribution in [0.5, 0.6) is 16.6 Å². The Kier molecular flexibility index (Phi) is 11.8. The van der Waals surface area contributed by atoms with Crippen LogP contribution in [0.1, 0.15) is 79.7 Å². The Hall–Kier alpha value is -4.16. The molecule has 0 radical (unpaired) electrons. The lowest BCUT2D eigenvalue weighted by atomic mass is 10.0. The number of aromatic nitrogens is 1. The molecule has 1 aliphatic rings. The molecular formula is C33H44N6O5S. The van der Waals surface area contributed by atoms with E-state index in [1.54, 1.807) is 31.2 Å². The fraction of sp³-hybridized carbons (Fsp3) is 0.455. The lowest BCUT2D eigenvalue weighted by Gasteiger charge is -2.34. The van der Waals surface area contributed by atoms with Gasteiger partial charge in [-0.25, -0.2) is 9.78 Å². The smallest absolute Gasteiger partial charge is 0.319 e. The summed E-state index contributed by atoms with van der Waals surface area (Å²) in [6.45, 7) is 12.2. The number of carbonyl (C=O) groups excluding carboxylic acids is 3. The molecule has 1 aliphatic heterocycles. The molecule has 11 nitrogen and oxygen atoms in total. The number of thiazole rings is 1. The van der Waals surface area contributed by atoms with E-state index in [0.717, 1.165) is 55.9 Å². The number of amides is 4. The van der Waals surface area contributed by atoms with Crippen molar-refractivity contribution in [2.45, 2.75) is 78.5 Å². The third-order valence-electron chi connectivity index (χ3n) is 7.99. The van der Waals surface area contributed by atoms with Gasteiger partial charge >= 0.3 is 6.03 Å². The van der Waals surface area contributed by atoms with E-state index in [0.29, 0.717) is 38.8 Å². The van der Waals surface area contributed by atoms with Gasteiger partial charge in [0.05, 0.1) is 11.8 Å². The largest absolute Gasteiger partial charge is 0.490 e. The normalized spacial score (nSPS) is 13.9. The minimum atomic E-state index is -0.363. The van der Waals surface area contributed by atoms with Crippen LogP contribution in [0, 0.1) is 6.92 Å². The number of hydrogen-bond acceptors (Lipinski definition) is 8. The van der Waals surface area contributed by atoms with Gasteiger partial charge in [-0.3, -0.25) is 14.9 Å². The zero-order valence-corrected chi connectivity index (χ0v) is 27.7. The Bertz CT molecular complexity index is 1460. The fourth-order valence-electron chi connectivity index (χ4n) is 5.18. The molecule has 12 heteroatoms. The number of carbonyl (C=O) groups is 3. The Morgan fingerprint density at radius 1 is 1.00 bits per heavy atom. The standard InChI is InChI=1S/C33H44N6O5S/c1-7-23(8-2)36-32(42)37-26-13-14-27(29(21(26)5)31(41)34-6)44-28-19-35-33(45-28)38-30(40)22-9-11-24(12-10-22)43-25-15-17-39(18-16-25)20(3)4/h9-14,19-20,23,25H,7-8,15-18H2,1-6H3,(H,34,41)(H,35,38,40)(H2,36,37,42). The molecule has 45 heavy (non-hydrogen) atoms. The minimum Gasteiger partial charge on any atom is -0.490 e. The summed E-state index contributed by atoms with van der Waals surface area (Å²) in [6, 6.07) is 10.7. The quantitative estimate of drug-likeness (QED) is 0.180. The summed E-state index contributed by atoms with van der Waals surface area (Å²) in [5.74, 6) is 0.370. The van der Waals surface area contributed by atoms with E-state index < -0.39 is 0 Å². The number of ether oxygens (including phenoxy) is 2. The van der Waals surface area contributed by atoms with Crippen molar-refractivity contribution < 1.29 is 23.9 Å². The van der Waals surface area contributed by atoms with Crippen LogP contribution in [0.15, 0.2) is 42.6 Å². The highest BCUT2D eigenvalue weighted by atomic mass is 32.1. The first-order chi connectivity index (χ1) is 21.6. The fourth-order valence-corrected chi connectivity index (χ4v) is 5.86. The van der Waals surface area contributed by atoms with Crippen LogP contribution in [-0.4, -0.2) is 66.1 Å². The highest BCUT2D eigenvalue weighted by Crippen LogP contribution is 2.35. The maximum absolute atomic E-state index is 12.9. The van der Waals surface area contributed by atoms with E-state index in [9.17, 15) is 14.4 Å². The molecule has 4 rings (SSSR count). The third-order valence-corrected chi connectivity index (χ3v) is 8.78. The third kappa shape index (κ3) is 8.95. The zero-order chi connectivity index (χ0) is 32.5. The van der Waals surface area contributed by atoms with Gasteiger partial charge in [0.2, 0.25) is 5.06 Å². The average Bonchev–Trinajstić information content (AvgIpc) is 3.47. The monoisotopic (exact) mass is 636 g/mol. The van der Waals surface area contributed by atoms with Crippen molar-refractivity contribution in [2.24, 2.45) is 0 Å². The van der Waals surface area contributed by atoms with Gasteiger partial charge in [0, 0.05) is 43.5 Å². The van der Waals surface area contributed by atoms with Gasteiger partial charge < -0.3 is 30.3 Å². The van der Waals surface area contributed by atoms with Crippen molar-refractivity contribution in [2.75, 3.05) is 30.8 Å². The van der Waals surface area contributed by atoms with Gasteiger partial charge in [-0.05, 0) is 88.4 Å². The summed E-state index contributed by atoms with van der Waals surface area (Å²) in [6.07, 6.45) is 5.25. The Morgan fingerprint density at radius 3 is 2.31 bits per heavy atom. The number of urea groups is 1. The van der Waals surface area contributed by atoms with Crippen LogP contribution in [0.25, 0.3) is 0 Å². The molecule has 4 N–H and O–H groups in total. The lowest BCUT2D eigenvalue weighted by molar-refractivity contribution is 0.0843. The van der Waals surface area contributed by atoms with Gasteiger partial charge in [-0.15, -0.1) is 0 Å². The zero-order valence-electron chi connectivity index (χ0n) is 26.9. The number of nitrogens with one attached hydrogen (secondary N) is 4. The Balaban J connectivity index is 1.37. The summed E-state index contributed by atoms with van der Waals surface area (Å²) < 4.78 is 12.2. The summed E-state index contributed by atoms with van der Waals surface area (Å²) in [4.78, 5) is 45.0. The molecular weight excluding hydrogens is 592 g/mol. The van der Waals surface area contributed by atoms with E-state index in [1.807, 2.05) is 26.0 Å². The van der Waals surface area contributed by atoms with Crippen LogP contribution in [0.2, 0.25) is 0 Å². The van der Waals surface area contributed by atoms with E-state index in [1.165, 1.54) is 13.2 Å². The summed E-state index contributed by atoms with van der Waals surface area (Å²) >= 11 is 1.13.